The number of nitrogens with zero attached hydrogens (tertiary/aromatic N) is 3. The molecule has 3 rings (SSSR count). The summed E-state index contributed by atoms with van der Waals surface area (Å²) in [6.45, 7) is 1.68. The zero-order valence-corrected chi connectivity index (χ0v) is 16.0. The van der Waals surface area contributed by atoms with Crippen LogP contribution in [-0.4, -0.2) is 40.3 Å². The molecule has 0 aliphatic rings. The van der Waals surface area contributed by atoms with E-state index in [0.29, 0.717) is 21.3 Å². The Bertz CT molecular complexity index is 1070. The minimum absolute atomic E-state index is 0.0354. The number of nitro groups is 1. The van der Waals surface area contributed by atoms with E-state index in [2.05, 4.69) is 4.98 Å². The Morgan fingerprint density at radius 1 is 1.36 bits per heavy atom. The van der Waals surface area contributed by atoms with E-state index in [-0.39, 0.29) is 24.4 Å². The van der Waals surface area contributed by atoms with Crippen LogP contribution in [0.2, 0.25) is 0 Å². The second-order valence-corrected chi connectivity index (χ2v) is 6.93. The van der Waals surface area contributed by atoms with Gasteiger partial charge < -0.3 is 9.47 Å². The van der Waals surface area contributed by atoms with E-state index in [1.165, 1.54) is 41.5 Å². The molecule has 0 aliphatic heterocycles. The van der Waals surface area contributed by atoms with Gasteiger partial charge >= 0.3 is 5.97 Å². The van der Waals surface area contributed by atoms with Gasteiger partial charge in [-0.15, -0.1) is 11.3 Å². The van der Waals surface area contributed by atoms with Crippen molar-refractivity contribution < 1.29 is 19.2 Å². The van der Waals surface area contributed by atoms with Crippen LogP contribution in [0.1, 0.15) is 6.92 Å². The molecular weight excluding hydrogens is 386 g/mol. The summed E-state index contributed by atoms with van der Waals surface area (Å²) in [5, 5.41) is 13.0. The van der Waals surface area contributed by atoms with Gasteiger partial charge in [0.15, 0.2) is 0 Å². The molecule has 146 valence electrons. The van der Waals surface area contributed by atoms with E-state index in [0.717, 1.165) is 0 Å². The summed E-state index contributed by atoms with van der Waals surface area (Å²) in [5.74, 6) is -0.570. The highest BCUT2D eigenvalue weighted by molar-refractivity contribution is 7.17. The van der Waals surface area contributed by atoms with Gasteiger partial charge in [0.05, 0.1) is 23.2 Å². The van der Waals surface area contributed by atoms with Crippen LogP contribution in [-0.2, 0) is 20.8 Å². The molecule has 0 saturated heterocycles. The Morgan fingerprint density at radius 2 is 2.07 bits per heavy atom. The third kappa shape index (κ3) is 4.07. The minimum Gasteiger partial charge on any atom is -0.459 e. The third-order valence-electron chi connectivity index (χ3n) is 3.98. The molecule has 0 aliphatic carbocycles. The summed E-state index contributed by atoms with van der Waals surface area (Å²) < 4.78 is 11.3. The van der Waals surface area contributed by atoms with Crippen molar-refractivity contribution in [1.29, 1.82) is 0 Å². The average Bonchev–Trinajstić information content (AvgIpc) is 3.09. The Balaban J connectivity index is 1.93. The van der Waals surface area contributed by atoms with Crippen molar-refractivity contribution >= 4 is 33.2 Å². The number of rotatable bonds is 7. The van der Waals surface area contributed by atoms with Crippen molar-refractivity contribution in [3.63, 3.8) is 0 Å². The van der Waals surface area contributed by atoms with Gasteiger partial charge in [0.25, 0.3) is 11.2 Å². The Hall–Kier alpha value is -3.11. The second kappa shape index (κ2) is 8.28. The van der Waals surface area contributed by atoms with Gasteiger partial charge in [-0.05, 0) is 24.6 Å². The first-order chi connectivity index (χ1) is 13.4. The van der Waals surface area contributed by atoms with Crippen LogP contribution in [0.4, 0.5) is 5.69 Å². The number of fused-ring (bicyclic) bond motifs is 1. The summed E-state index contributed by atoms with van der Waals surface area (Å²) in [7, 11) is 1.50. The Kier molecular flexibility index (Phi) is 5.81. The van der Waals surface area contributed by atoms with Crippen molar-refractivity contribution in [1.82, 2.24) is 9.55 Å². The first-order valence-electron chi connectivity index (χ1n) is 8.30. The average molecular weight is 403 g/mol. The lowest BCUT2D eigenvalue weighted by Gasteiger charge is -2.12. The standard InChI is InChI=1S/C18H17N3O6S/c1-11(8-26-2)27-15(22)7-20-10-19-17-16(18(20)23)14(9-28-17)12-3-5-13(6-4-12)21(24)25/h3-6,9-11H,7-8H2,1-2H3. The molecule has 1 atom stereocenters. The Morgan fingerprint density at radius 3 is 2.71 bits per heavy atom. The highest BCUT2D eigenvalue weighted by atomic mass is 32.1. The maximum Gasteiger partial charge on any atom is 0.326 e. The van der Waals surface area contributed by atoms with E-state index >= 15 is 0 Å². The van der Waals surface area contributed by atoms with Crippen molar-refractivity contribution in [2.24, 2.45) is 0 Å². The lowest BCUT2D eigenvalue weighted by atomic mass is 10.1. The number of esters is 1. The number of ether oxygens (including phenoxy) is 2. The normalized spacial score (nSPS) is 12.1. The van der Waals surface area contributed by atoms with Crippen LogP contribution in [0.5, 0.6) is 0 Å². The monoisotopic (exact) mass is 403 g/mol. The van der Waals surface area contributed by atoms with Crippen LogP contribution < -0.4 is 5.56 Å². The maximum atomic E-state index is 12.9. The number of hydrogen-bond donors (Lipinski definition) is 0. The van der Waals surface area contributed by atoms with E-state index < -0.39 is 17.0 Å². The van der Waals surface area contributed by atoms with Crippen molar-refractivity contribution in [3.8, 4) is 11.1 Å². The molecule has 1 unspecified atom stereocenters. The number of aromatic nitrogens is 2. The van der Waals surface area contributed by atoms with Crippen molar-refractivity contribution in [2.75, 3.05) is 13.7 Å². The highest BCUT2D eigenvalue weighted by Crippen LogP contribution is 2.31. The number of thiophene rings is 1. The summed E-state index contributed by atoms with van der Waals surface area (Å²) in [6, 6.07) is 5.92. The quantitative estimate of drug-likeness (QED) is 0.338. The molecule has 1 aromatic carbocycles. The number of carbonyl (C=O) groups excluding carboxylic acids is 1. The summed E-state index contributed by atoms with van der Waals surface area (Å²) in [6.07, 6.45) is 0.880. The Labute approximate surface area is 163 Å². The number of hydrogen-bond acceptors (Lipinski definition) is 8. The molecule has 0 N–H and O–H groups in total. The number of methoxy groups -OCH3 is 1. The smallest absolute Gasteiger partial charge is 0.326 e. The van der Waals surface area contributed by atoms with Gasteiger partial charge in [0.2, 0.25) is 0 Å². The van der Waals surface area contributed by atoms with Gasteiger partial charge in [-0.25, -0.2) is 4.98 Å². The molecule has 28 heavy (non-hydrogen) atoms. The van der Waals surface area contributed by atoms with Gasteiger partial charge in [-0.1, -0.05) is 0 Å². The van der Waals surface area contributed by atoms with Crippen LogP contribution in [0, 0.1) is 10.1 Å². The molecule has 9 nitrogen and oxygen atoms in total. The SMILES string of the molecule is COCC(C)OC(=O)Cn1cnc2scc(-c3ccc([N+](=O)[O-])cc3)c2c1=O. The molecule has 2 aromatic heterocycles. The third-order valence-corrected chi connectivity index (χ3v) is 4.87. The van der Waals surface area contributed by atoms with E-state index in [1.807, 2.05) is 0 Å². The van der Waals surface area contributed by atoms with Gasteiger partial charge in [-0.3, -0.25) is 24.3 Å². The van der Waals surface area contributed by atoms with Gasteiger partial charge in [0, 0.05) is 30.2 Å². The minimum atomic E-state index is -0.570. The first kappa shape index (κ1) is 19.6. The number of non-ortho nitro benzene ring substituents is 1. The second-order valence-electron chi connectivity index (χ2n) is 6.07. The topological polar surface area (TPSA) is 114 Å². The molecule has 0 spiro atoms. The summed E-state index contributed by atoms with van der Waals surface area (Å²) in [5.41, 5.74) is 0.857. The van der Waals surface area contributed by atoms with Crippen LogP contribution in [0.3, 0.4) is 0 Å². The van der Waals surface area contributed by atoms with Crippen LogP contribution in [0.15, 0.2) is 40.8 Å². The van der Waals surface area contributed by atoms with Crippen LogP contribution in [0.25, 0.3) is 21.3 Å². The van der Waals surface area contributed by atoms with Crippen molar-refractivity contribution in [2.45, 2.75) is 19.6 Å². The van der Waals surface area contributed by atoms with Gasteiger partial charge in [0.1, 0.15) is 17.5 Å². The van der Waals surface area contributed by atoms with E-state index in [9.17, 15) is 19.7 Å². The zero-order valence-electron chi connectivity index (χ0n) is 15.2. The fourth-order valence-corrected chi connectivity index (χ4v) is 3.63. The summed E-state index contributed by atoms with van der Waals surface area (Å²) in [4.78, 5) is 40.1. The lowest BCUT2D eigenvalue weighted by molar-refractivity contribution is -0.384. The fourth-order valence-electron chi connectivity index (χ4n) is 2.72. The zero-order chi connectivity index (χ0) is 20.3. The molecule has 10 heteroatoms. The number of nitro benzene ring substituents is 1. The predicted octanol–water partition coefficient (Wildman–Crippen LogP) is 2.61. The molecule has 3 aromatic rings. The number of benzene rings is 1. The van der Waals surface area contributed by atoms with E-state index in [1.54, 1.807) is 24.4 Å². The first-order valence-corrected chi connectivity index (χ1v) is 9.18. The van der Waals surface area contributed by atoms with Crippen LogP contribution >= 0.6 is 11.3 Å². The molecule has 0 radical (unpaired) electrons. The summed E-state index contributed by atoms with van der Waals surface area (Å²) >= 11 is 1.29. The predicted molar refractivity (Wildman–Crippen MR) is 103 cm³/mol. The molecule has 0 amide bonds. The molecule has 2 heterocycles. The van der Waals surface area contributed by atoms with E-state index in [4.69, 9.17) is 9.47 Å². The highest BCUT2D eigenvalue weighted by Gasteiger charge is 2.17. The molecule has 0 fully saturated rings. The fraction of sp³-hybridized carbons (Fsp3) is 0.278. The molecule has 0 saturated carbocycles. The number of carbonyl (C=O) groups is 1. The van der Waals surface area contributed by atoms with Crippen molar-refractivity contribution in [3.05, 3.63) is 56.4 Å². The molecular formula is C18H17N3O6S. The maximum absolute atomic E-state index is 12.9. The molecule has 0 bridgehead atoms. The largest absolute Gasteiger partial charge is 0.459 e. The van der Waals surface area contributed by atoms with Gasteiger partial charge in [-0.2, -0.15) is 0 Å². The lowest BCUT2D eigenvalue weighted by Crippen LogP contribution is -2.28.